The summed E-state index contributed by atoms with van der Waals surface area (Å²) in [5, 5.41) is 11.7. The number of rotatable bonds is 6. The van der Waals surface area contributed by atoms with E-state index in [9.17, 15) is 9.59 Å². The molecular formula is C20H21NO5. The van der Waals surface area contributed by atoms with E-state index < -0.39 is 12.6 Å². The van der Waals surface area contributed by atoms with Crippen molar-refractivity contribution in [3.05, 3.63) is 65.7 Å². The first kappa shape index (κ1) is 17.9. The van der Waals surface area contributed by atoms with E-state index in [0.717, 1.165) is 12.0 Å². The number of benzene rings is 2. The summed E-state index contributed by atoms with van der Waals surface area (Å²) in [6, 6.07) is 16.5. The highest BCUT2D eigenvalue weighted by Gasteiger charge is 2.25. The predicted molar refractivity (Wildman–Crippen MR) is 95.2 cm³/mol. The lowest BCUT2D eigenvalue weighted by Gasteiger charge is -2.30. The normalized spacial score (nSPS) is 19.5. The molecule has 1 aliphatic rings. The van der Waals surface area contributed by atoms with E-state index in [0.29, 0.717) is 24.3 Å². The third-order valence-electron chi connectivity index (χ3n) is 4.25. The SMILES string of the molecule is O=C(O)COc1cccc(C(=O)NC2CCOC(c3ccccc3)C2)c1. The van der Waals surface area contributed by atoms with Crippen molar-refractivity contribution in [2.24, 2.45) is 0 Å². The minimum absolute atomic E-state index is 0.0186. The molecule has 2 unspecified atom stereocenters. The van der Waals surface area contributed by atoms with Gasteiger partial charge >= 0.3 is 5.97 Å². The van der Waals surface area contributed by atoms with Crippen LogP contribution in [0.5, 0.6) is 5.75 Å². The van der Waals surface area contributed by atoms with Crippen molar-refractivity contribution in [3.8, 4) is 5.75 Å². The largest absolute Gasteiger partial charge is 0.482 e. The zero-order chi connectivity index (χ0) is 18.4. The van der Waals surface area contributed by atoms with Gasteiger partial charge in [0.2, 0.25) is 0 Å². The van der Waals surface area contributed by atoms with Crippen LogP contribution in [0, 0.1) is 0 Å². The topological polar surface area (TPSA) is 84.9 Å². The Morgan fingerprint density at radius 1 is 1.15 bits per heavy atom. The molecule has 1 fully saturated rings. The summed E-state index contributed by atoms with van der Waals surface area (Å²) in [4.78, 5) is 23.1. The van der Waals surface area contributed by atoms with Gasteiger partial charge in [0.15, 0.2) is 6.61 Å². The first-order valence-electron chi connectivity index (χ1n) is 8.54. The molecule has 2 atom stereocenters. The molecule has 26 heavy (non-hydrogen) atoms. The van der Waals surface area contributed by atoms with Crippen LogP contribution in [0.15, 0.2) is 54.6 Å². The maximum Gasteiger partial charge on any atom is 0.341 e. The van der Waals surface area contributed by atoms with Crippen molar-refractivity contribution in [1.82, 2.24) is 5.32 Å². The number of nitrogens with one attached hydrogen (secondary N) is 1. The zero-order valence-corrected chi connectivity index (χ0v) is 14.3. The van der Waals surface area contributed by atoms with E-state index in [1.54, 1.807) is 24.3 Å². The highest BCUT2D eigenvalue weighted by molar-refractivity contribution is 5.94. The minimum Gasteiger partial charge on any atom is -0.482 e. The Balaban J connectivity index is 1.60. The first-order chi connectivity index (χ1) is 12.6. The third kappa shape index (κ3) is 4.83. The van der Waals surface area contributed by atoms with Gasteiger partial charge in [0.25, 0.3) is 5.91 Å². The average molecular weight is 355 g/mol. The Kier molecular flexibility index (Phi) is 5.86. The van der Waals surface area contributed by atoms with E-state index in [1.807, 2.05) is 30.3 Å². The molecule has 2 N–H and O–H groups in total. The number of carboxylic acid groups (broad SMARTS) is 1. The molecule has 0 bridgehead atoms. The number of carboxylic acids is 1. The summed E-state index contributed by atoms with van der Waals surface area (Å²) in [6.07, 6.45) is 1.44. The third-order valence-corrected chi connectivity index (χ3v) is 4.25. The second kappa shape index (κ2) is 8.49. The minimum atomic E-state index is -1.06. The summed E-state index contributed by atoms with van der Waals surface area (Å²) in [6.45, 7) is 0.149. The standard InChI is InChI=1S/C20H21NO5/c22-19(23)13-26-17-8-4-7-15(11-17)20(24)21-16-9-10-25-18(12-16)14-5-2-1-3-6-14/h1-8,11,16,18H,9-10,12-13H2,(H,21,24)(H,22,23). The van der Waals surface area contributed by atoms with Crippen LogP contribution in [0.1, 0.15) is 34.9 Å². The number of hydrogen-bond donors (Lipinski definition) is 2. The monoisotopic (exact) mass is 355 g/mol. The molecule has 6 heteroatoms. The Morgan fingerprint density at radius 3 is 2.73 bits per heavy atom. The van der Waals surface area contributed by atoms with Crippen molar-refractivity contribution in [2.75, 3.05) is 13.2 Å². The molecule has 1 heterocycles. The van der Waals surface area contributed by atoms with Crippen LogP contribution in [0.2, 0.25) is 0 Å². The lowest BCUT2D eigenvalue weighted by molar-refractivity contribution is -0.139. The van der Waals surface area contributed by atoms with Gasteiger partial charge in [-0.05, 0) is 36.6 Å². The molecule has 3 rings (SSSR count). The summed E-state index contributed by atoms with van der Waals surface area (Å²) < 4.78 is 11.0. The van der Waals surface area contributed by atoms with Crippen molar-refractivity contribution in [2.45, 2.75) is 25.0 Å². The molecule has 0 aromatic heterocycles. The van der Waals surface area contributed by atoms with Gasteiger partial charge in [-0.25, -0.2) is 4.79 Å². The Morgan fingerprint density at radius 2 is 1.96 bits per heavy atom. The van der Waals surface area contributed by atoms with E-state index in [4.69, 9.17) is 14.6 Å². The van der Waals surface area contributed by atoms with Gasteiger partial charge in [-0.1, -0.05) is 36.4 Å². The number of carbonyl (C=O) groups excluding carboxylic acids is 1. The van der Waals surface area contributed by atoms with Crippen molar-refractivity contribution in [3.63, 3.8) is 0 Å². The number of ether oxygens (including phenoxy) is 2. The maximum atomic E-state index is 12.5. The molecule has 2 aromatic rings. The quantitative estimate of drug-likeness (QED) is 0.832. The van der Waals surface area contributed by atoms with Gasteiger partial charge in [0.05, 0.1) is 6.10 Å². The lowest BCUT2D eigenvalue weighted by atomic mass is 9.97. The molecular weight excluding hydrogens is 334 g/mol. The Bertz CT molecular complexity index is 762. The van der Waals surface area contributed by atoms with E-state index in [2.05, 4.69) is 5.32 Å². The van der Waals surface area contributed by atoms with Crippen LogP contribution < -0.4 is 10.1 Å². The molecule has 0 aliphatic carbocycles. The number of aliphatic carboxylic acids is 1. The van der Waals surface area contributed by atoms with Crippen molar-refractivity contribution in [1.29, 1.82) is 0 Å². The van der Waals surface area contributed by atoms with E-state index in [1.165, 1.54) is 0 Å². The van der Waals surface area contributed by atoms with Crippen LogP contribution in [0.25, 0.3) is 0 Å². The zero-order valence-electron chi connectivity index (χ0n) is 14.3. The van der Waals surface area contributed by atoms with Crippen LogP contribution in [0.3, 0.4) is 0 Å². The van der Waals surface area contributed by atoms with Gasteiger partial charge in [-0.2, -0.15) is 0 Å². The molecule has 6 nitrogen and oxygen atoms in total. The van der Waals surface area contributed by atoms with Gasteiger partial charge in [-0.15, -0.1) is 0 Å². The Labute approximate surface area is 151 Å². The number of hydrogen-bond acceptors (Lipinski definition) is 4. The fourth-order valence-electron chi connectivity index (χ4n) is 2.97. The molecule has 0 radical (unpaired) electrons. The van der Waals surface area contributed by atoms with Crippen molar-refractivity contribution >= 4 is 11.9 Å². The molecule has 1 saturated heterocycles. The second-order valence-corrected chi connectivity index (χ2v) is 6.18. The van der Waals surface area contributed by atoms with Crippen molar-refractivity contribution < 1.29 is 24.2 Å². The lowest BCUT2D eigenvalue weighted by Crippen LogP contribution is -2.39. The fraction of sp³-hybridized carbons (Fsp3) is 0.300. The first-order valence-corrected chi connectivity index (χ1v) is 8.54. The second-order valence-electron chi connectivity index (χ2n) is 6.18. The number of amides is 1. The number of carbonyl (C=O) groups is 2. The fourth-order valence-corrected chi connectivity index (χ4v) is 2.97. The maximum absolute atomic E-state index is 12.5. The van der Waals surface area contributed by atoms with Crippen LogP contribution in [-0.2, 0) is 9.53 Å². The van der Waals surface area contributed by atoms with Gasteiger partial charge < -0.3 is 19.9 Å². The van der Waals surface area contributed by atoms with Gasteiger partial charge in [0.1, 0.15) is 5.75 Å². The average Bonchev–Trinajstić information content (AvgIpc) is 2.67. The summed E-state index contributed by atoms with van der Waals surface area (Å²) >= 11 is 0. The molecule has 0 spiro atoms. The highest BCUT2D eigenvalue weighted by Crippen LogP contribution is 2.28. The van der Waals surface area contributed by atoms with Crippen LogP contribution in [0.4, 0.5) is 0 Å². The van der Waals surface area contributed by atoms with E-state index in [-0.39, 0.29) is 18.1 Å². The Hall–Kier alpha value is -2.86. The molecule has 1 amide bonds. The predicted octanol–water partition coefficient (Wildman–Crippen LogP) is 2.80. The van der Waals surface area contributed by atoms with Crippen LogP contribution >= 0.6 is 0 Å². The van der Waals surface area contributed by atoms with Gasteiger partial charge in [-0.3, -0.25) is 4.79 Å². The summed E-state index contributed by atoms with van der Waals surface area (Å²) in [5.41, 5.74) is 1.55. The molecule has 1 aliphatic heterocycles. The smallest absolute Gasteiger partial charge is 0.341 e. The van der Waals surface area contributed by atoms with E-state index >= 15 is 0 Å². The molecule has 136 valence electrons. The van der Waals surface area contributed by atoms with Crippen LogP contribution in [-0.4, -0.2) is 36.2 Å². The molecule has 0 saturated carbocycles. The summed E-state index contributed by atoms with van der Waals surface area (Å²) in [5.74, 6) is -0.910. The van der Waals surface area contributed by atoms with Gasteiger partial charge in [0, 0.05) is 18.2 Å². The highest BCUT2D eigenvalue weighted by atomic mass is 16.5. The summed E-state index contributed by atoms with van der Waals surface area (Å²) in [7, 11) is 0. The molecule has 2 aromatic carbocycles.